The van der Waals surface area contributed by atoms with Crippen molar-refractivity contribution in [3.63, 3.8) is 0 Å². The Morgan fingerprint density at radius 1 is 0.408 bits per heavy atom. The summed E-state index contributed by atoms with van der Waals surface area (Å²) in [6, 6.07) is 59.2. The molecule has 0 atom stereocenters. The van der Waals surface area contributed by atoms with Crippen LogP contribution in [-0.2, 0) is 17.3 Å². The molecule has 6 rings (SSSR count). The SMILES string of the molecule is CCCCc1ccc(OB(Oc2ccc(CCCC)cc2)OP(c2ccccc2)(c2ccccc2)(c2ccccc2)c2ccccc2)cc1. The summed E-state index contributed by atoms with van der Waals surface area (Å²) >= 11 is 0. The van der Waals surface area contributed by atoms with Crippen molar-refractivity contribution in [1.82, 2.24) is 0 Å². The minimum atomic E-state index is -4.07. The van der Waals surface area contributed by atoms with Crippen LogP contribution in [0.1, 0.15) is 50.7 Å². The number of unbranched alkanes of at least 4 members (excludes halogenated alkanes) is 2. The van der Waals surface area contributed by atoms with Crippen LogP contribution >= 0.6 is 6.83 Å². The molecular formula is C44H46BO3P. The Kier molecular flexibility index (Phi) is 11.3. The van der Waals surface area contributed by atoms with Gasteiger partial charge in [0.15, 0.2) is 0 Å². The van der Waals surface area contributed by atoms with E-state index in [9.17, 15) is 0 Å². The van der Waals surface area contributed by atoms with Gasteiger partial charge in [0.25, 0.3) is 0 Å². The summed E-state index contributed by atoms with van der Waals surface area (Å²) in [5.74, 6) is 1.37. The van der Waals surface area contributed by atoms with E-state index in [4.69, 9.17) is 13.7 Å². The molecule has 0 bridgehead atoms. The van der Waals surface area contributed by atoms with E-state index in [1.807, 2.05) is 24.3 Å². The molecule has 0 N–H and O–H groups in total. The van der Waals surface area contributed by atoms with Crippen LogP contribution in [0.5, 0.6) is 11.5 Å². The van der Waals surface area contributed by atoms with Crippen LogP contribution in [0.25, 0.3) is 0 Å². The standard InChI is InChI=1S/C44H46BO3P/c1-3-5-19-37-29-33-39(34-30-37)46-45(47-40-35-31-38(32-36-40)20-6-4-2)48-49(41-21-11-7-12-22-41,42-23-13-8-14-24-42,43-25-15-9-16-26-43)44-27-17-10-18-28-44/h7-18,21-36H,3-6,19-20H2,1-2H3. The van der Waals surface area contributed by atoms with Crippen molar-refractivity contribution in [1.29, 1.82) is 0 Å². The Morgan fingerprint density at radius 3 is 1.00 bits per heavy atom. The number of hydrogen-bond donors (Lipinski definition) is 0. The van der Waals surface area contributed by atoms with Gasteiger partial charge in [0, 0.05) is 0 Å². The maximum atomic E-state index is 7.85. The van der Waals surface area contributed by atoms with E-state index in [2.05, 4.69) is 159 Å². The number of rotatable bonds is 16. The van der Waals surface area contributed by atoms with E-state index in [0.717, 1.165) is 59.7 Å². The van der Waals surface area contributed by atoms with E-state index in [1.54, 1.807) is 0 Å². The van der Waals surface area contributed by atoms with E-state index in [-0.39, 0.29) is 0 Å². The molecule has 0 fully saturated rings. The van der Waals surface area contributed by atoms with Crippen molar-refractivity contribution in [2.24, 2.45) is 0 Å². The van der Waals surface area contributed by atoms with Gasteiger partial charge in [-0.2, -0.15) is 0 Å². The molecule has 0 aromatic heterocycles. The predicted molar refractivity (Wildman–Crippen MR) is 209 cm³/mol. The summed E-state index contributed by atoms with van der Waals surface area (Å²) in [5, 5.41) is 4.22. The van der Waals surface area contributed by atoms with Crippen LogP contribution in [0.3, 0.4) is 0 Å². The molecule has 0 spiro atoms. The first-order chi connectivity index (χ1) is 24.2. The fraction of sp³-hybridized carbons (Fsp3) is 0.182. The molecule has 0 heterocycles. The van der Waals surface area contributed by atoms with Crippen LogP contribution in [0.2, 0.25) is 0 Å². The summed E-state index contributed by atoms with van der Waals surface area (Å²) in [6.07, 6.45) is 6.70. The summed E-state index contributed by atoms with van der Waals surface area (Å²) in [4.78, 5) is 0. The average Bonchev–Trinajstić information content (AvgIpc) is 3.18. The van der Waals surface area contributed by atoms with Crippen LogP contribution < -0.4 is 30.5 Å². The second-order valence-corrected chi connectivity index (χ2v) is 16.9. The van der Waals surface area contributed by atoms with Crippen molar-refractivity contribution in [2.75, 3.05) is 0 Å². The average molecular weight is 665 g/mol. The monoisotopic (exact) mass is 664 g/mol. The first-order valence-electron chi connectivity index (χ1n) is 17.6. The Bertz CT molecular complexity index is 1630. The molecule has 0 amide bonds. The minimum absolute atomic E-state index is 0.684. The summed E-state index contributed by atoms with van der Waals surface area (Å²) < 4.78 is 21.5. The summed E-state index contributed by atoms with van der Waals surface area (Å²) in [5.41, 5.74) is 2.58. The quantitative estimate of drug-likeness (QED) is 0.0762. The van der Waals surface area contributed by atoms with Gasteiger partial charge in [0.2, 0.25) is 0 Å². The van der Waals surface area contributed by atoms with Gasteiger partial charge in [-0.05, 0) is 0 Å². The molecule has 0 aliphatic heterocycles. The molecule has 0 unspecified atom stereocenters. The molecule has 0 aliphatic carbocycles. The maximum absolute atomic E-state index is 7.85. The van der Waals surface area contributed by atoms with Gasteiger partial charge in [-0.15, -0.1) is 0 Å². The zero-order valence-corrected chi connectivity index (χ0v) is 29.6. The first kappa shape index (κ1) is 34.2. The molecule has 6 aromatic rings. The van der Waals surface area contributed by atoms with Gasteiger partial charge in [0.1, 0.15) is 0 Å². The van der Waals surface area contributed by atoms with Crippen molar-refractivity contribution in [2.45, 2.75) is 52.4 Å². The van der Waals surface area contributed by atoms with Crippen molar-refractivity contribution >= 4 is 35.4 Å². The van der Waals surface area contributed by atoms with E-state index < -0.39 is 14.2 Å². The third kappa shape index (κ3) is 7.23. The first-order valence-corrected chi connectivity index (χ1v) is 19.8. The summed E-state index contributed by atoms with van der Waals surface area (Å²) in [6.45, 7) is 0.369. The second kappa shape index (κ2) is 16.2. The van der Waals surface area contributed by atoms with E-state index >= 15 is 0 Å². The summed E-state index contributed by atoms with van der Waals surface area (Å²) in [7, 11) is -1.11. The predicted octanol–water partition coefficient (Wildman–Crippen LogP) is 9.60. The Hall–Kier alpha value is -4.63. The zero-order valence-electron chi connectivity index (χ0n) is 28.7. The van der Waals surface area contributed by atoms with Crippen molar-refractivity contribution in [3.8, 4) is 11.5 Å². The molecule has 0 saturated heterocycles. The zero-order chi connectivity index (χ0) is 33.8. The van der Waals surface area contributed by atoms with Gasteiger partial charge >= 0.3 is 294 Å². The molecule has 6 aromatic carbocycles. The van der Waals surface area contributed by atoms with Gasteiger partial charge in [0.05, 0.1) is 0 Å². The van der Waals surface area contributed by atoms with Crippen LogP contribution in [0.15, 0.2) is 170 Å². The third-order valence-corrected chi connectivity index (χ3v) is 15.0. The number of hydrogen-bond acceptors (Lipinski definition) is 3. The Balaban J connectivity index is 1.57. The fourth-order valence-electron chi connectivity index (χ4n) is 6.68. The van der Waals surface area contributed by atoms with Crippen molar-refractivity contribution in [3.05, 3.63) is 181 Å². The normalized spacial score (nSPS) is 12.1. The number of aryl methyl sites for hydroxylation is 2. The van der Waals surface area contributed by atoms with Crippen molar-refractivity contribution < 1.29 is 13.7 Å². The molecule has 0 aliphatic rings. The molecule has 248 valence electrons. The second-order valence-electron chi connectivity index (χ2n) is 12.5. The van der Waals surface area contributed by atoms with Gasteiger partial charge in [-0.1, -0.05) is 0 Å². The fourth-order valence-corrected chi connectivity index (χ4v) is 12.4. The van der Waals surface area contributed by atoms with E-state index in [1.165, 1.54) is 11.1 Å². The molecule has 3 nitrogen and oxygen atoms in total. The molecular weight excluding hydrogens is 618 g/mol. The topological polar surface area (TPSA) is 27.7 Å². The molecule has 49 heavy (non-hydrogen) atoms. The third-order valence-electron chi connectivity index (χ3n) is 9.24. The number of benzene rings is 6. The van der Waals surface area contributed by atoms with Crippen LogP contribution in [0, 0.1) is 0 Å². The van der Waals surface area contributed by atoms with Gasteiger partial charge in [-0.25, -0.2) is 0 Å². The van der Waals surface area contributed by atoms with E-state index in [0.29, 0.717) is 11.5 Å². The Labute approximate surface area is 293 Å². The van der Waals surface area contributed by atoms with Gasteiger partial charge in [-0.3, -0.25) is 0 Å². The Morgan fingerprint density at radius 2 is 0.714 bits per heavy atom. The van der Waals surface area contributed by atoms with Crippen LogP contribution in [0.4, 0.5) is 0 Å². The molecule has 0 saturated carbocycles. The van der Waals surface area contributed by atoms with Gasteiger partial charge < -0.3 is 0 Å². The molecule has 0 radical (unpaired) electrons. The van der Waals surface area contributed by atoms with Crippen LogP contribution in [-0.4, -0.2) is 7.32 Å². The molecule has 5 heteroatoms.